The first-order valence-electron chi connectivity index (χ1n) is 2.04. The number of rotatable bonds is 0. The van der Waals surface area contributed by atoms with Gasteiger partial charge in [0, 0.05) is 0 Å². The Bertz CT molecular complexity index is 194. The molecule has 0 aromatic rings. The van der Waals surface area contributed by atoms with Gasteiger partial charge in [0.25, 0.3) is 0 Å². The van der Waals surface area contributed by atoms with Gasteiger partial charge in [-0.05, 0) is 23.2 Å². The van der Waals surface area contributed by atoms with Gasteiger partial charge in [-0.2, -0.15) is 4.99 Å². The van der Waals surface area contributed by atoms with Crippen molar-refractivity contribution >= 4 is 40.1 Å². The molecule has 0 saturated carbocycles. The van der Waals surface area contributed by atoms with Crippen LogP contribution in [0.3, 0.4) is 0 Å². The number of nitrogens with one attached hydrogen (secondary N) is 1. The lowest BCUT2D eigenvalue weighted by Gasteiger charge is -1.81. The second-order valence-electron chi connectivity index (χ2n) is 1.15. The predicted molar refractivity (Wildman–Crippen MR) is 38.2 cm³/mol. The van der Waals surface area contributed by atoms with Crippen LogP contribution < -0.4 is 5.43 Å². The fourth-order valence-electron chi connectivity index (χ4n) is 0.294. The van der Waals surface area contributed by atoms with Crippen LogP contribution in [-0.2, 0) is 0 Å². The van der Waals surface area contributed by atoms with E-state index in [1.54, 1.807) is 0 Å². The molecule has 0 atom stereocenters. The summed E-state index contributed by atoms with van der Waals surface area (Å²) in [6.07, 6.45) is 1.29. The lowest BCUT2D eigenvalue weighted by molar-refractivity contribution is 1.06. The minimum absolute atomic E-state index is 0.0394. The minimum Gasteiger partial charge on any atom is -0.265 e. The molecule has 0 unspecified atom stereocenters. The molecular weight excluding hydrogens is 163 g/mol. The number of aliphatic imine (C=N–C) groups is 2. The summed E-state index contributed by atoms with van der Waals surface area (Å²) in [4.78, 5) is 7.07. The average Bonchev–Trinajstić information content (AvgIpc) is 1.93. The van der Waals surface area contributed by atoms with Crippen LogP contribution in [0.4, 0.5) is 0 Å². The molecule has 4 nitrogen and oxygen atoms in total. The SMILES string of the molecule is ClC1=NNC=NC(Cl)=N1. The van der Waals surface area contributed by atoms with Gasteiger partial charge in [-0.15, -0.1) is 5.10 Å². The highest BCUT2D eigenvalue weighted by Gasteiger charge is 1.95. The second-order valence-corrected chi connectivity index (χ2v) is 1.83. The summed E-state index contributed by atoms with van der Waals surface area (Å²) in [6.45, 7) is 0. The topological polar surface area (TPSA) is 49.1 Å². The third-order valence-electron chi connectivity index (χ3n) is 0.570. The van der Waals surface area contributed by atoms with E-state index in [1.165, 1.54) is 6.34 Å². The van der Waals surface area contributed by atoms with Gasteiger partial charge < -0.3 is 0 Å². The Hall–Kier alpha value is -0.610. The van der Waals surface area contributed by atoms with Crippen molar-refractivity contribution in [2.75, 3.05) is 0 Å². The van der Waals surface area contributed by atoms with E-state index in [9.17, 15) is 0 Å². The zero-order valence-electron chi connectivity index (χ0n) is 4.17. The zero-order valence-corrected chi connectivity index (χ0v) is 5.69. The highest BCUT2D eigenvalue weighted by Crippen LogP contribution is 1.94. The van der Waals surface area contributed by atoms with Crippen LogP contribution in [0, 0.1) is 0 Å². The first-order valence-corrected chi connectivity index (χ1v) is 2.80. The maximum atomic E-state index is 5.36. The van der Waals surface area contributed by atoms with Crippen molar-refractivity contribution in [1.82, 2.24) is 5.43 Å². The lowest BCUT2D eigenvalue weighted by atomic mass is 11.1. The van der Waals surface area contributed by atoms with E-state index < -0.39 is 0 Å². The largest absolute Gasteiger partial charge is 0.265 e. The number of nitrogens with zero attached hydrogens (tertiary/aromatic N) is 3. The van der Waals surface area contributed by atoms with E-state index in [1.807, 2.05) is 0 Å². The molecule has 1 N–H and O–H groups in total. The molecule has 9 heavy (non-hydrogen) atoms. The standard InChI is InChI=1S/C3H2Cl2N4/c4-2-6-1-7-9-3(5)8-2/h1H,(H,6,7,8,9). The maximum absolute atomic E-state index is 5.36. The summed E-state index contributed by atoms with van der Waals surface area (Å²) in [7, 11) is 0. The highest BCUT2D eigenvalue weighted by molar-refractivity contribution is 6.71. The molecule has 0 radical (unpaired) electrons. The van der Waals surface area contributed by atoms with Gasteiger partial charge >= 0.3 is 0 Å². The molecular formula is C3H2Cl2N4. The average molecular weight is 165 g/mol. The Morgan fingerprint density at radius 2 is 2.11 bits per heavy atom. The Labute approximate surface area is 61.3 Å². The third kappa shape index (κ3) is 1.99. The van der Waals surface area contributed by atoms with Crippen molar-refractivity contribution in [3.8, 4) is 0 Å². The van der Waals surface area contributed by atoms with Crippen molar-refractivity contribution in [2.24, 2.45) is 15.1 Å². The smallest absolute Gasteiger partial charge is 0.243 e. The highest BCUT2D eigenvalue weighted by atomic mass is 35.5. The van der Waals surface area contributed by atoms with Crippen LogP contribution in [0.5, 0.6) is 0 Å². The maximum Gasteiger partial charge on any atom is 0.243 e. The molecule has 1 aliphatic rings. The summed E-state index contributed by atoms with van der Waals surface area (Å²) in [6, 6.07) is 0. The molecule has 1 aliphatic heterocycles. The van der Waals surface area contributed by atoms with Crippen LogP contribution in [0.1, 0.15) is 0 Å². The molecule has 0 aromatic heterocycles. The van der Waals surface area contributed by atoms with Gasteiger partial charge in [-0.25, -0.2) is 4.99 Å². The number of hydrogen-bond acceptors (Lipinski definition) is 4. The van der Waals surface area contributed by atoms with E-state index in [0.717, 1.165) is 0 Å². The predicted octanol–water partition coefficient (Wildman–Crippen LogP) is 0.722. The summed E-state index contributed by atoms with van der Waals surface area (Å²) in [5.74, 6) is 0. The minimum atomic E-state index is 0.0394. The van der Waals surface area contributed by atoms with Crippen molar-refractivity contribution in [2.45, 2.75) is 0 Å². The van der Waals surface area contributed by atoms with Crippen molar-refractivity contribution < 1.29 is 0 Å². The Morgan fingerprint density at radius 3 is 2.89 bits per heavy atom. The molecule has 1 heterocycles. The molecule has 0 bridgehead atoms. The normalized spacial score (nSPS) is 17.6. The molecule has 48 valence electrons. The summed E-state index contributed by atoms with van der Waals surface area (Å²) in [5.41, 5.74) is 2.39. The van der Waals surface area contributed by atoms with Crippen LogP contribution in [0.2, 0.25) is 0 Å². The van der Waals surface area contributed by atoms with Gasteiger partial charge in [0.15, 0.2) is 0 Å². The summed E-state index contributed by atoms with van der Waals surface area (Å²) in [5, 5.41) is 3.59. The summed E-state index contributed by atoms with van der Waals surface area (Å²) >= 11 is 10.7. The summed E-state index contributed by atoms with van der Waals surface area (Å²) < 4.78 is 0. The molecule has 0 saturated heterocycles. The van der Waals surface area contributed by atoms with Crippen LogP contribution in [0.25, 0.3) is 0 Å². The van der Waals surface area contributed by atoms with E-state index in [0.29, 0.717) is 0 Å². The van der Waals surface area contributed by atoms with Crippen LogP contribution >= 0.6 is 23.2 Å². The molecule has 1 rings (SSSR count). The van der Waals surface area contributed by atoms with Crippen molar-refractivity contribution in [1.29, 1.82) is 0 Å². The number of amidine groups is 2. The van der Waals surface area contributed by atoms with Crippen molar-refractivity contribution in [3.63, 3.8) is 0 Å². The van der Waals surface area contributed by atoms with E-state index in [2.05, 4.69) is 20.5 Å². The molecule has 6 heteroatoms. The first-order chi connectivity index (χ1) is 4.29. The molecule has 0 aromatic carbocycles. The van der Waals surface area contributed by atoms with Crippen LogP contribution in [-0.4, -0.2) is 16.9 Å². The first kappa shape index (κ1) is 6.51. The van der Waals surface area contributed by atoms with E-state index >= 15 is 0 Å². The monoisotopic (exact) mass is 164 g/mol. The van der Waals surface area contributed by atoms with Gasteiger partial charge in [0.2, 0.25) is 10.6 Å². The second kappa shape index (κ2) is 2.80. The fraction of sp³-hybridized carbons (Fsp3) is 0. The number of hydrogen-bond donors (Lipinski definition) is 1. The molecule has 0 aliphatic carbocycles. The van der Waals surface area contributed by atoms with E-state index in [-0.39, 0.29) is 10.6 Å². The molecule has 0 spiro atoms. The quantitative estimate of drug-likeness (QED) is 0.528. The number of hydrazone groups is 1. The third-order valence-corrected chi connectivity index (χ3v) is 0.921. The Morgan fingerprint density at radius 1 is 1.33 bits per heavy atom. The zero-order chi connectivity index (χ0) is 6.69. The lowest BCUT2D eigenvalue weighted by Crippen LogP contribution is -2.00. The van der Waals surface area contributed by atoms with Crippen LogP contribution in [0.15, 0.2) is 15.1 Å². The van der Waals surface area contributed by atoms with Gasteiger partial charge in [0.05, 0.1) is 0 Å². The van der Waals surface area contributed by atoms with Gasteiger partial charge in [0.1, 0.15) is 6.34 Å². The van der Waals surface area contributed by atoms with Crippen molar-refractivity contribution in [3.05, 3.63) is 0 Å². The molecule has 0 amide bonds. The fourth-order valence-corrected chi connectivity index (χ4v) is 0.595. The molecule has 0 fully saturated rings. The van der Waals surface area contributed by atoms with E-state index in [4.69, 9.17) is 23.2 Å². The van der Waals surface area contributed by atoms with Gasteiger partial charge in [-0.3, -0.25) is 5.43 Å². The Kier molecular flexibility index (Phi) is 2.02. The Balaban J connectivity index is 2.82. The van der Waals surface area contributed by atoms with Gasteiger partial charge in [-0.1, -0.05) is 0 Å². The number of halogens is 2.